The topological polar surface area (TPSA) is 58.6 Å². The molecule has 5 nitrogen and oxygen atoms in total. The van der Waals surface area contributed by atoms with E-state index in [0.29, 0.717) is 28.9 Å². The van der Waals surface area contributed by atoms with Crippen LogP contribution in [0.3, 0.4) is 0 Å². The molecule has 1 N–H and O–H groups in total. The minimum atomic E-state index is -1.01. The zero-order chi connectivity index (χ0) is 16.5. The third-order valence-corrected chi connectivity index (χ3v) is 3.58. The Bertz CT molecular complexity index is 599. The third-order valence-electron chi connectivity index (χ3n) is 3.35. The molecular formula is C16H21ClN2O3. The molecule has 2 amide bonds. The molecule has 0 aliphatic carbocycles. The van der Waals surface area contributed by atoms with Crippen LogP contribution in [0.15, 0.2) is 18.2 Å². The summed E-state index contributed by atoms with van der Waals surface area (Å²) in [5.74, 6) is 0.431. The van der Waals surface area contributed by atoms with Gasteiger partial charge < -0.3 is 10.1 Å². The number of ether oxygens (including phenoxy) is 1. The van der Waals surface area contributed by atoms with E-state index in [0.717, 1.165) is 0 Å². The molecule has 1 aromatic carbocycles. The Balaban J connectivity index is 2.26. The van der Waals surface area contributed by atoms with E-state index in [1.807, 2.05) is 13.8 Å². The Kier molecular flexibility index (Phi) is 4.66. The van der Waals surface area contributed by atoms with Crippen molar-refractivity contribution in [1.29, 1.82) is 0 Å². The summed E-state index contributed by atoms with van der Waals surface area (Å²) < 4.78 is 5.72. The van der Waals surface area contributed by atoms with E-state index in [4.69, 9.17) is 16.3 Å². The van der Waals surface area contributed by atoms with Gasteiger partial charge in [-0.15, -0.1) is 0 Å². The normalized spacial score (nSPS) is 16.3. The van der Waals surface area contributed by atoms with Crippen molar-refractivity contribution in [3.05, 3.63) is 23.2 Å². The first-order valence-electron chi connectivity index (χ1n) is 7.28. The third kappa shape index (κ3) is 3.53. The van der Waals surface area contributed by atoms with E-state index >= 15 is 0 Å². The fourth-order valence-electron chi connectivity index (χ4n) is 2.22. The predicted octanol–water partition coefficient (Wildman–Crippen LogP) is 2.62. The molecule has 0 radical (unpaired) electrons. The molecular weight excluding hydrogens is 304 g/mol. The van der Waals surface area contributed by atoms with E-state index in [1.165, 1.54) is 4.90 Å². The van der Waals surface area contributed by atoms with Gasteiger partial charge in [0.1, 0.15) is 12.3 Å². The second kappa shape index (κ2) is 6.16. The van der Waals surface area contributed by atoms with E-state index in [-0.39, 0.29) is 18.4 Å². The first-order chi connectivity index (χ1) is 10.2. The van der Waals surface area contributed by atoms with Gasteiger partial charge in [-0.25, -0.2) is 0 Å². The number of nitrogens with zero attached hydrogens (tertiary/aromatic N) is 1. The van der Waals surface area contributed by atoms with Crippen molar-refractivity contribution in [2.45, 2.75) is 33.3 Å². The van der Waals surface area contributed by atoms with Crippen LogP contribution in [0.4, 0.5) is 5.69 Å². The van der Waals surface area contributed by atoms with Gasteiger partial charge in [0.15, 0.2) is 5.60 Å². The lowest BCUT2D eigenvalue weighted by atomic mass is 10.0. The van der Waals surface area contributed by atoms with Crippen molar-refractivity contribution in [1.82, 2.24) is 5.32 Å². The molecule has 2 rings (SSSR count). The molecule has 0 unspecified atom stereocenters. The molecule has 22 heavy (non-hydrogen) atoms. The maximum atomic E-state index is 12.6. The quantitative estimate of drug-likeness (QED) is 0.926. The van der Waals surface area contributed by atoms with Gasteiger partial charge in [0.25, 0.3) is 5.91 Å². The first kappa shape index (κ1) is 16.6. The van der Waals surface area contributed by atoms with Crippen molar-refractivity contribution < 1.29 is 14.3 Å². The lowest BCUT2D eigenvalue weighted by Gasteiger charge is -2.38. The van der Waals surface area contributed by atoms with Crippen LogP contribution in [0, 0.1) is 5.92 Å². The van der Waals surface area contributed by atoms with E-state index in [1.54, 1.807) is 32.0 Å². The number of anilines is 1. The van der Waals surface area contributed by atoms with E-state index < -0.39 is 5.60 Å². The largest absolute Gasteiger partial charge is 0.476 e. The average molecular weight is 325 g/mol. The van der Waals surface area contributed by atoms with Crippen LogP contribution >= 0.6 is 11.6 Å². The number of hydrogen-bond donors (Lipinski definition) is 1. The van der Waals surface area contributed by atoms with Crippen LogP contribution < -0.4 is 15.0 Å². The summed E-state index contributed by atoms with van der Waals surface area (Å²) in [5.41, 5.74) is -0.490. The van der Waals surface area contributed by atoms with Crippen molar-refractivity contribution in [2.24, 2.45) is 5.92 Å². The second-order valence-electron chi connectivity index (χ2n) is 6.31. The number of fused-ring (bicyclic) bond motifs is 1. The Morgan fingerprint density at radius 2 is 2.09 bits per heavy atom. The van der Waals surface area contributed by atoms with Gasteiger partial charge in [0.05, 0.1) is 5.69 Å². The Morgan fingerprint density at radius 1 is 1.41 bits per heavy atom. The predicted molar refractivity (Wildman–Crippen MR) is 86.4 cm³/mol. The highest BCUT2D eigenvalue weighted by Crippen LogP contribution is 2.39. The minimum absolute atomic E-state index is 0.0499. The number of nitrogens with one attached hydrogen (secondary N) is 1. The van der Waals surface area contributed by atoms with Crippen LogP contribution in [-0.2, 0) is 9.59 Å². The SMILES string of the molecule is CC(C)CNC(=O)CN1C(=O)C(C)(C)Oc2ccc(Cl)cc21. The van der Waals surface area contributed by atoms with Gasteiger partial charge in [-0.2, -0.15) is 0 Å². The summed E-state index contributed by atoms with van der Waals surface area (Å²) in [4.78, 5) is 26.1. The number of rotatable bonds is 4. The van der Waals surface area contributed by atoms with Crippen molar-refractivity contribution in [3.8, 4) is 5.75 Å². The van der Waals surface area contributed by atoms with Crippen molar-refractivity contribution in [2.75, 3.05) is 18.0 Å². The summed E-state index contributed by atoms with van der Waals surface area (Å²) in [6.45, 7) is 7.92. The number of carbonyl (C=O) groups excluding carboxylic acids is 2. The molecule has 1 heterocycles. The van der Waals surface area contributed by atoms with Gasteiger partial charge in [-0.1, -0.05) is 25.4 Å². The number of hydrogen-bond acceptors (Lipinski definition) is 3. The molecule has 120 valence electrons. The minimum Gasteiger partial charge on any atom is -0.476 e. The molecule has 0 saturated heterocycles. The van der Waals surface area contributed by atoms with Crippen LogP contribution in [0.1, 0.15) is 27.7 Å². The zero-order valence-electron chi connectivity index (χ0n) is 13.3. The monoisotopic (exact) mass is 324 g/mol. The summed E-state index contributed by atoms with van der Waals surface area (Å²) in [6.07, 6.45) is 0. The van der Waals surface area contributed by atoms with Crippen LogP contribution in [0.2, 0.25) is 5.02 Å². The molecule has 1 aliphatic heterocycles. The van der Waals surface area contributed by atoms with Gasteiger partial charge in [-0.3, -0.25) is 14.5 Å². The summed E-state index contributed by atoms with van der Waals surface area (Å²) in [6, 6.07) is 5.05. The summed E-state index contributed by atoms with van der Waals surface area (Å²) >= 11 is 6.01. The lowest BCUT2D eigenvalue weighted by molar-refractivity contribution is -0.134. The van der Waals surface area contributed by atoms with Crippen LogP contribution in [0.5, 0.6) is 5.75 Å². The number of benzene rings is 1. The molecule has 0 spiro atoms. The number of amides is 2. The van der Waals surface area contributed by atoms with E-state index in [2.05, 4.69) is 5.32 Å². The maximum absolute atomic E-state index is 12.6. The Morgan fingerprint density at radius 3 is 2.73 bits per heavy atom. The second-order valence-corrected chi connectivity index (χ2v) is 6.75. The summed E-state index contributed by atoms with van der Waals surface area (Å²) in [5, 5.41) is 3.30. The molecule has 1 aromatic rings. The Hall–Kier alpha value is -1.75. The molecule has 0 aromatic heterocycles. The van der Waals surface area contributed by atoms with Gasteiger partial charge in [0.2, 0.25) is 5.91 Å². The lowest BCUT2D eigenvalue weighted by Crippen LogP contribution is -2.55. The van der Waals surface area contributed by atoms with Gasteiger partial charge in [-0.05, 0) is 38.0 Å². The highest BCUT2D eigenvalue weighted by Gasteiger charge is 2.41. The average Bonchev–Trinajstić information content (AvgIpc) is 2.42. The zero-order valence-corrected chi connectivity index (χ0v) is 14.0. The first-order valence-corrected chi connectivity index (χ1v) is 7.65. The molecule has 0 saturated carbocycles. The fraction of sp³-hybridized carbons (Fsp3) is 0.500. The molecule has 0 bridgehead atoms. The standard InChI is InChI=1S/C16H21ClN2O3/c1-10(2)8-18-14(20)9-19-12-7-11(17)5-6-13(12)22-16(3,4)15(19)21/h5-7,10H,8-9H2,1-4H3,(H,18,20). The highest BCUT2D eigenvalue weighted by molar-refractivity contribution is 6.31. The molecule has 0 fully saturated rings. The number of halogens is 1. The van der Waals surface area contributed by atoms with Crippen LogP contribution in [0.25, 0.3) is 0 Å². The fourth-order valence-corrected chi connectivity index (χ4v) is 2.38. The summed E-state index contributed by atoms with van der Waals surface area (Å²) in [7, 11) is 0. The maximum Gasteiger partial charge on any atom is 0.271 e. The number of carbonyl (C=O) groups is 2. The highest BCUT2D eigenvalue weighted by atomic mass is 35.5. The Labute approximate surface area is 135 Å². The molecule has 0 atom stereocenters. The smallest absolute Gasteiger partial charge is 0.271 e. The molecule has 1 aliphatic rings. The van der Waals surface area contributed by atoms with E-state index in [9.17, 15) is 9.59 Å². The van der Waals surface area contributed by atoms with Crippen LogP contribution in [-0.4, -0.2) is 30.5 Å². The molecule has 6 heteroatoms. The van der Waals surface area contributed by atoms with Gasteiger partial charge >= 0.3 is 0 Å². The van der Waals surface area contributed by atoms with Crippen molar-refractivity contribution >= 4 is 29.1 Å². The van der Waals surface area contributed by atoms with Gasteiger partial charge in [0, 0.05) is 11.6 Å². The van der Waals surface area contributed by atoms with Crippen molar-refractivity contribution in [3.63, 3.8) is 0 Å².